The van der Waals surface area contributed by atoms with Crippen LogP contribution in [0.15, 0.2) is 35.8 Å². The zero-order chi connectivity index (χ0) is 16.4. The molecule has 1 aromatic carbocycles. The van der Waals surface area contributed by atoms with E-state index in [1.54, 1.807) is 16.8 Å². The molecular formula is C17H18N4OS. The van der Waals surface area contributed by atoms with Gasteiger partial charge in [0.25, 0.3) is 5.91 Å². The predicted molar refractivity (Wildman–Crippen MR) is 91.5 cm³/mol. The molecule has 0 bridgehead atoms. The Labute approximate surface area is 138 Å². The van der Waals surface area contributed by atoms with Crippen LogP contribution < -0.4 is 5.32 Å². The fourth-order valence-electron chi connectivity index (χ4n) is 2.58. The normalized spacial score (nSPS) is 12.1. The van der Waals surface area contributed by atoms with Crippen molar-refractivity contribution in [2.45, 2.75) is 26.8 Å². The first-order valence-electron chi connectivity index (χ1n) is 7.39. The first-order valence-corrected chi connectivity index (χ1v) is 8.27. The van der Waals surface area contributed by atoms with Crippen LogP contribution in [0.25, 0.3) is 11.3 Å². The van der Waals surface area contributed by atoms with E-state index in [2.05, 4.69) is 20.5 Å². The Balaban J connectivity index is 1.89. The molecule has 0 aliphatic rings. The third kappa shape index (κ3) is 3.03. The van der Waals surface area contributed by atoms with E-state index in [9.17, 15) is 4.79 Å². The third-order valence-corrected chi connectivity index (χ3v) is 4.53. The van der Waals surface area contributed by atoms with Gasteiger partial charge in [0.2, 0.25) is 0 Å². The Morgan fingerprint density at radius 1 is 1.26 bits per heavy atom. The SMILES string of the molecule is Cc1[nH]nc(-c2ccccc2)c1C(=O)NC(C)c1ncsc1C. The monoisotopic (exact) mass is 326 g/mol. The second kappa shape index (κ2) is 6.34. The number of carbonyl (C=O) groups excluding carboxylic acids is 1. The predicted octanol–water partition coefficient (Wildman–Crippen LogP) is 3.64. The Morgan fingerprint density at radius 2 is 2.00 bits per heavy atom. The Hall–Kier alpha value is -2.47. The van der Waals surface area contributed by atoms with E-state index in [-0.39, 0.29) is 11.9 Å². The average molecular weight is 326 g/mol. The van der Waals surface area contributed by atoms with Crippen molar-refractivity contribution >= 4 is 17.2 Å². The fraction of sp³-hybridized carbons (Fsp3) is 0.235. The topological polar surface area (TPSA) is 70.7 Å². The van der Waals surface area contributed by atoms with Crippen molar-refractivity contribution in [3.63, 3.8) is 0 Å². The lowest BCUT2D eigenvalue weighted by molar-refractivity contribution is 0.0939. The summed E-state index contributed by atoms with van der Waals surface area (Å²) in [6.07, 6.45) is 0. The summed E-state index contributed by atoms with van der Waals surface area (Å²) >= 11 is 1.58. The van der Waals surface area contributed by atoms with Crippen molar-refractivity contribution < 1.29 is 4.79 Å². The summed E-state index contributed by atoms with van der Waals surface area (Å²) < 4.78 is 0. The molecule has 5 nitrogen and oxygen atoms in total. The largest absolute Gasteiger partial charge is 0.344 e. The van der Waals surface area contributed by atoms with Gasteiger partial charge in [-0.2, -0.15) is 5.10 Å². The maximum atomic E-state index is 12.7. The minimum absolute atomic E-state index is 0.144. The maximum absolute atomic E-state index is 12.7. The Morgan fingerprint density at radius 3 is 2.65 bits per heavy atom. The van der Waals surface area contributed by atoms with Gasteiger partial charge in [0.05, 0.1) is 22.8 Å². The number of nitrogens with zero attached hydrogens (tertiary/aromatic N) is 2. The number of aromatic nitrogens is 3. The molecule has 3 rings (SSSR count). The molecule has 0 aliphatic heterocycles. The number of aryl methyl sites for hydroxylation is 2. The van der Waals surface area contributed by atoms with Gasteiger partial charge in [-0.1, -0.05) is 30.3 Å². The van der Waals surface area contributed by atoms with Crippen molar-refractivity contribution in [3.8, 4) is 11.3 Å². The molecule has 0 spiro atoms. The van der Waals surface area contributed by atoms with Crippen LogP contribution >= 0.6 is 11.3 Å². The molecule has 1 amide bonds. The summed E-state index contributed by atoms with van der Waals surface area (Å²) in [6.45, 7) is 5.80. The number of nitrogens with one attached hydrogen (secondary N) is 2. The van der Waals surface area contributed by atoms with Gasteiger partial charge < -0.3 is 5.32 Å². The van der Waals surface area contributed by atoms with Gasteiger partial charge in [-0.25, -0.2) is 4.98 Å². The van der Waals surface area contributed by atoms with Gasteiger partial charge in [-0.3, -0.25) is 9.89 Å². The van der Waals surface area contributed by atoms with Crippen LogP contribution in [0, 0.1) is 13.8 Å². The van der Waals surface area contributed by atoms with Crippen LogP contribution in [0.3, 0.4) is 0 Å². The van der Waals surface area contributed by atoms with E-state index in [4.69, 9.17) is 0 Å². The fourth-order valence-corrected chi connectivity index (χ4v) is 3.25. The van der Waals surface area contributed by atoms with E-state index in [0.717, 1.165) is 21.8 Å². The van der Waals surface area contributed by atoms with Gasteiger partial charge >= 0.3 is 0 Å². The number of amides is 1. The molecule has 2 aromatic heterocycles. The first-order chi connectivity index (χ1) is 11.1. The summed E-state index contributed by atoms with van der Waals surface area (Å²) in [5.41, 5.74) is 5.62. The number of benzene rings is 1. The average Bonchev–Trinajstić information content (AvgIpc) is 3.14. The van der Waals surface area contributed by atoms with E-state index in [0.29, 0.717) is 11.3 Å². The van der Waals surface area contributed by atoms with Crippen molar-refractivity contribution in [1.29, 1.82) is 0 Å². The van der Waals surface area contributed by atoms with Gasteiger partial charge in [-0.05, 0) is 20.8 Å². The van der Waals surface area contributed by atoms with E-state index >= 15 is 0 Å². The second-order valence-electron chi connectivity index (χ2n) is 5.43. The number of hydrogen-bond acceptors (Lipinski definition) is 4. The van der Waals surface area contributed by atoms with E-state index in [1.165, 1.54) is 0 Å². The number of H-pyrrole nitrogens is 1. The number of carbonyl (C=O) groups is 1. The summed E-state index contributed by atoms with van der Waals surface area (Å²) in [7, 11) is 0. The lowest BCUT2D eigenvalue weighted by Crippen LogP contribution is -2.28. The Bertz CT molecular complexity index is 822. The molecule has 0 aliphatic carbocycles. The van der Waals surface area contributed by atoms with Gasteiger partial charge in [-0.15, -0.1) is 11.3 Å². The smallest absolute Gasteiger partial charge is 0.255 e. The molecule has 2 heterocycles. The number of thiazole rings is 1. The van der Waals surface area contributed by atoms with Crippen LogP contribution in [-0.2, 0) is 0 Å². The standard InChI is InChI=1S/C17H18N4OS/c1-10-14(16(21-20-10)13-7-5-4-6-8-13)17(22)19-11(2)15-12(3)23-9-18-15/h4-9,11H,1-3H3,(H,19,22)(H,20,21). The number of hydrogen-bond donors (Lipinski definition) is 2. The summed E-state index contributed by atoms with van der Waals surface area (Å²) in [6, 6.07) is 9.55. The van der Waals surface area contributed by atoms with Gasteiger partial charge in [0.15, 0.2) is 0 Å². The highest BCUT2D eigenvalue weighted by Gasteiger charge is 2.22. The summed E-state index contributed by atoms with van der Waals surface area (Å²) in [4.78, 5) is 18.2. The first kappa shape index (κ1) is 15.4. The van der Waals surface area contributed by atoms with Crippen LogP contribution in [0.2, 0.25) is 0 Å². The molecular weight excluding hydrogens is 308 g/mol. The number of rotatable bonds is 4. The molecule has 23 heavy (non-hydrogen) atoms. The molecule has 118 valence electrons. The zero-order valence-electron chi connectivity index (χ0n) is 13.3. The second-order valence-corrected chi connectivity index (χ2v) is 6.49. The lowest BCUT2D eigenvalue weighted by Gasteiger charge is -2.13. The highest BCUT2D eigenvalue weighted by Crippen LogP contribution is 2.25. The highest BCUT2D eigenvalue weighted by molar-refractivity contribution is 7.09. The van der Waals surface area contributed by atoms with Gasteiger partial charge in [0.1, 0.15) is 5.69 Å². The van der Waals surface area contributed by atoms with Crippen molar-refractivity contribution in [2.75, 3.05) is 0 Å². The van der Waals surface area contributed by atoms with Crippen LogP contribution in [0.1, 0.15) is 39.6 Å². The lowest BCUT2D eigenvalue weighted by atomic mass is 10.0. The summed E-state index contributed by atoms with van der Waals surface area (Å²) in [5, 5.41) is 10.2. The molecule has 2 N–H and O–H groups in total. The van der Waals surface area contributed by atoms with Crippen molar-refractivity contribution in [2.24, 2.45) is 0 Å². The van der Waals surface area contributed by atoms with Crippen LogP contribution in [0.5, 0.6) is 0 Å². The molecule has 6 heteroatoms. The summed E-state index contributed by atoms with van der Waals surface area (Å²) in [5.74, 6) is -0.144. The van der Waals surface area contributed by atoms with Crippen molar-refractivity contribution in [3.05, 3.63) is 57.7 Å². The van der Waals surface area contributed by atoms with Crippen LogP contribution in [0.4, 0.5) is 0 Å². The molecule has 0 radical (unpaired) electrons. The zero-order valence-corrected chi connectivity index (χ0v) is 14.1. The third-order valence-electron chi connectivity index (χ3n) is 3.76. The molecule has 0 saturated heterocycles. The quantitative estimate of drug-likeness (QED) is 0.769. The molecule has 0 fully saturated rings. The van der Waals surface area contributed by atoms with Crippen LogP contribution in [-0.4, -0.2) is 21.1 Å². The van der Waals surface area contributed by atoms with E-state index in [1.807, 2.05) is 51.1 Å². The van der Waals surface area contributed by atoms with E-state index < -0.39 is 0 Å². The minimum atomic E-state index is -0.147. The molecule has 3 aromatic rings. The molecule has 0 saturated carbocycles. The maximum Gasteiger partial charge on any atom is 0.255 e. The number of aromatic amines is 1. The molecule has 1 unspecified atom stereocenters. The molecule has 1 atom stereocenters. The Kier molecular flexibility index (Phi) is 4.25. The highest BCUT2D eigenvalue weighted by atomic mass is 32.1. The van der Waals surface area contributed by atoms with Crippen molar-refractivity contribution in [1.82, 2.24) is 20.5 Å². The van der Waals surface area contributed by atoms with Gasteiger partial charge in [0, 0.05) is 16.1 Å². The minimum Gasteiger partial charge on any atom is -0.344 e.